The molecule has 0 bridgehead atoms. The third kappa shape index (κ3) is 3.90. The molecule has 2 aliphatic rings. The number of nitrogens with zero attached hydrogens (tertiary/aromatic N) is 4. The van der Waals surface area contributed by atoms with Gasteiger partial charge in [-0.3, -0.25) is 14.6 Å². The minimum atomic E-state index is 0. The Morgan fingerprint density at radius 1 is 1.36 bits per heavy atom. The van der Waals surface area contributed by atoms with Crippen LogP contribution in [0.25, 0.3) is 0 Å². The van der Waals surface area contributed by atoms with Crippen LogP contribution in [0.1, 0.15) is 17.7 Å². The monoisotopic (exact) mass is 345 g/mol. The maximum Gasteiger partial charge on any atom is 0.240 e. The van der Waals surface area contributed by atoms with E-state index in [9.17, 15) is 4.79 Å². The number of nitrogens with two attached hydrogens (primary N) is 1. The predicted octanol–water partition coefficient (Wildman–Crippen LogP) is 0.885. The Kier molecular flexibility index (Phi) is 6.02. The molecule has 0 radical (unpaired) electrons. The van der Waals surface area contributed by atoms with Gasteiger partial charge in [0.05, 0.1) is 6.04 Å². The fourth-order valence-electron chi connectivity index (χ4n) is 3.18. The number of rotatable bonds is 3. The number of hydrogen-bond donors (Lipinski definition) is 1. The zero-order valence-electron chi connectivity index (χ0n) is 12.9. The summed E-state index contributed by atoms with van der Waals surface area (Å²) in [5, 5.41) is 0.628. The van der Waals surface area contributed by atoms with Crippen molar-refractivity contribution in [2.45, 2.75) is 25.4 Å². The van der Waals surface area contributed by atoms with Crippen molar-refractivity contribution in [3.8, 4) is 0 Å². The smallest absolute Gasteiger partial charge is 0.240 e. The number of piperazine rings is 1. The summed E-state index contributed by atoms with van der Waals surface area (Å²) in [4.78, 5) is 24.4. The molecule has 0 saturated carbocycles. The largest absolute Gasteiger partial charge is 0.375 e. The molecule has 0 aromatic carbocycles. The van der Waals surface area contributed by atoms with Crippen LogP contribution in [-0.4, -0.2) is 71.4 Å². The average Bonchev–Trinajstić information content (AvgIpc) is 3.08. The van der Waals surface area contributed by atoms with Crippen LogP contribution in [0.5, 0.6) is 0 Å². The number of carbonyl (C=O) groups excluding carboxylic acids is 1. The van der Waals surface area contributed by atoms with Crippen LogP contribution < -0.4 is 5.73 Å². The quantitative estimate of drug-likeness (QED) is 0.881. The highest BCUT2D eigenvalue weighted by Crippen LogP contribution is 2.20. The van der Waals surface area contributed by atoms with E-state index in [4.69, 9.17) is 5.73 Å². The third-order valence-corrected chi connectivity index (χ3v) is 5.25. The van der Waals surface area contributed by atoms with Crippen LogP contribution in [0, 0.1) is 0 Å². The van der Waals surface area contributed by atoms with Crippen molar-refractivity contribution in [2.75, 3.05) is 45.5 Å². The second-order valence-corrected chi connectivity index (χ2v) is 7.05. The Bertz CT molecular complexity index is 503. The lowest BCUT2D eigenvalue weighted by Crippen LogP contribution is -2.52. The van der Waals surface area contributed by atoms with Crippen LogP contribution in [0.3, 0.4) is 0 Å². The first kappa shape index (κ1) is 17.5. The molecular formula is C14H24ClN5OS. The Morgan fingerprint density at radius 2 is 2.09 bits per heavy atom. The molecular weight excluding hydrogens is 322 g/mol. The van der Waals surface area contributed by atoms with Crippen molar-refractivity contribution < 1.29 is 4.79 Å². The summed E-state index contributed by atoms with van der Waals surface area (Å²) in [6.07, 6.45) is 4.00. The summed E-state index contributed by atoms with van der Waals surface area (Å²) in [6.45, 7) is 5.46. The number of nitrogen functional groups attached to an aromatic ring is 1. The first-order valence-electron chi connectivity index (χ1n) is 7.55. The zero-order chi connectivity index (χ0) is 14.8. The molecule has 1 unspecified atom stereocenters. The maximum absolute atomic E-state index is 12.5. The molecule has 2 saturated heterocycles. The van der Waals surface area contributed by atoms with Gasteiger partial charge in [-0.05, 0) is 26.4 Å². The fraction of sp³-hybridized carbons (Fsp3) is 0.714. The molecule has 1 atom stereocenters. The molecule has 3 rings (SSSR count). The van der Waals surface area contributed by atoms with Gasteiger partial charge in [-0.15, -0.1) is 23.7 Å². The standard InChI is InChI=1S/C14H23N5OS.ClH/c1-17-4-2-3-12(17)13(20)19-7-5-18(6-8-19)10-11-9-16-14(15)21-11;/h9,12H,2-8,10H2,1H3,(H2,15,16);1H. The van der Waals surface area contributed by atoms with Crippen molar-refractivity contribution >= 4 is 34.8 Å². The second kappa shape index (κ2) is 7.59. The first-order valence-corrected chi connectivity index (χ1v) is 8.36. The topological polar surface area (TPSA) is 65.7 Å². The Morgan fingerprint density at radius 3 is 2.64 bits per heavy atom. The van der Waals surface area contributed by atoms with Gasteiger partial charge in [0.25, 0.3) is 0 Å². The van der Waals surface area contributed by atoms with Crippen molar-refractivity contribution in [1.82, 2.24) is 19.7 Å². The minimum Gasteiger partial charge on any atom is -0.375 e. The normalized spacial score (nSPS) is 23.5. The number of halogens is 1. The van der Waals surface area contributed by atoms with E-state index in [0.29, 0.717) is 11.0 Å². The summed E-state index contributed by atoms with van der Waals surface area (Å²) in [6, 6.07) is 0.109. The number of carbonyl (C=O) groups is 1. The molecule has 2 N–H and O–H groups in total. The summed E-state index contributed by atoms with van der Waals surface area (Å²) in [5.41, 5.74) is 5.66. The number of anilines is 1. The lowest BCUT2D eigenvalue weighted by molar-refractivity contribution is -0.137. The average molecular weight is 346 g/mol. The molecule has 124 valence electrons. The van der Waals surface area contributed by atoms with Crippen molar-refractivity contribution in [1.29, 1.82) is 0 Å². The lowest BCUT2D eigenvalue weighted by atomic mass is 10.1. The van der Waals surface area contributed by atoms with E-state index in [1.54, 1.807) is 11.3 Å². The third-order valence-electron chi connectivity index (χ3n) is 4.44. The molecule has 22 heavy (non-hydrogen) atoms. The van der Waals surface area contributed by atoms with Crippen LogP contribution in [0.2, 0.25) is 0 Å². The summed E-state index contributed by atoms with van der Waals surface area (Å²) < 4.78 is 0. The number of aromatic nitrogens is 1. The van der Waals surface area contributed by atoms with Crippen molar-refractivity contribution in [3.63, 3.8) is 0 Å². The molecule has 8 heteroatoms. The molecule has 1 aromatic heterocycles. The molecule has 2 fully saturated rings. The number of thiazole rings is 1. The molecule has 1 amide bonds. The highest BCUT2D eigenvalue weighted by molar-refractivity contribution is 7.15. The number of likely N-dealkylation sites (N-methyl/N-ethyl adjacent to an activating group) is 1. The highest BCUT2D eigenvalue weighted by Gasteiger charge is 2.32. The van der Waals surface area contributed by atoms with Gasteiger partial charge in [-0.2, -0.15) is 0 Å². The van der Waals surface area contributed by atoms with E-state index in [-0.39, 0.29) is 18.4 Å². The number of hydrogen-bond acceptors (Lipinski definition) is 6. The van der Waals surface area contributed by atoms with Crippen LogP contribution in [0.4, 0.5) is 5.13 Å². The van der Waals surface area contributed by atoms with Gasteiger partial charge in [0.2, 0.25) is 5.91 Å². The fourth-order valence-corrected chi connectivity index (χ4v) is 3.90. The van der Waals surface area contributed by atoms with E-state index >= 15 is 0 Å². The molecule has 6 nitrogen and oxygen atoms in total. The zero-order valence-corrected chi connectivity index (χ0v) is 14.5. The Hall–Kier alpha value is -0.890. The molecule has 3 heterocycles. The summed E-state index contributed by atoms with van der Waals surface area (Å²) >= 11 is 1.55. The molecule has 0 aliphatic carbocycles. The van der Waals surface area contributed by atoms with Gasteiger partial charge in [0, 0.05) is 43.8 Å². The van der Waals surface area contributed by atoms with Crippen molar-refractivity contribution in [3.05, 3.63) is 11.1 Å². The van der Waals surface area contributed by atoms with Gasteiger partial charge in [-0.25, -0.2) is 4.98 Å². The first-order chi connectivity index (χ1) is 10.1. The van der Waals surface area contributed by atoms with Crippen LogP contribution in [0.15, 0.2) is 6.20 Å². The molecule has 0 spiro atoms. The Labute approximate surface area is 141 Å². The lowest BCUT2D eigenvalue weighted by Gasteiger charge is -2.36. The summed E-state index contributed by atoms with van der Waals surface area (Å²) in [7, 11) is 2.06. The second-order valence-electron chi connectivity index (χ2n) is 5.90. The maximum atomic E-state index is 12.5. The predicted molar refractivity (Wildman–Crippen MR) is 91.3 cm³/mol. The van der Waals surface area contributed by atoms with Gasteiger partial charge in [0.1, 0.15) is 0 Å². The van der Waals surface area contributed by atoms with Crippen molar-refractivity contribution in [2.24, 2.45) is 0 Å². The molecule has 1 aromatic rings. The number of likely N-dealkylation sites (tertiary alicyclic amines) is 1. The van der Waals surface area contributed by atoms with E-state index in [2.05, 4.69) is 21.8 Å². The van der Waals surface area contributed by atoms with Crippen LogP contribution >= 0.6 is 23.7 Å². The molecule has 2 aliphatic heterocycles. The minimum absolute atomic E-state index is 0. The number of amides is 1. The van der Waals surface area contributed by atoms with Gasteiger partial charge in [-0.1, -0.05) is 0 Å². The van der Waals surface area contributed by atoms with Gasteiger partial charge >= 0.3 is 0 Å². The van der Waals surface area contributed by atoms with Gasteiger partial charge in [0.15, 0.2) is 5.13 Å². The van der Waals surface area contributed by atoms with E-state index in [1.807, 2.05) is 11.1 Å². The van der Waals surface area contributed by atoms with E-state index in [1.165, 1.54) is 4.88 Å². The summed E-state index contributed by atoms with van der Waals surface area (Å²) in [5.74, 6) is 0.316. The van der Waals surface area contributed by atoms with E-state index < -0.39 is 0 Å². The SMILES string of the molecule is CN1CCCC1C(=O)N1CCN(Cc2cnc(N)s2)CC1.Cl. The van der Waals surface area contributed by atoms with E-state index in [0.717, 1.165) is 52.1 Å². The van der Waals surface area contributed by atoms with Gasteiger partial charge < -0.3 is 10.6 Å². The highest BCUT2D eigenvalue weighted by atomic mass is 35.5. The Balaban J connectivity index is 0.00000176. The van der Waals surface area contributed by atoms with Crippen LogP contribution in [-0.2, 0) is 11.3 Å².